The topological polar surface area (TPSA) is 15.3 Å². The SMILES string of the molecule is CC1(C)c2cc(N(c3ccc([Si](C)(C)C)cc3)c3cccc4ccccc34)ccc2-c2c1cc(Nc1ccccc1)c1ccccc21. The van der Waals surface area contributed by atoms with E-state index in [1.165, 1.54) is 66.0 Å². The van der Waals surface area contributed by atoms with Gasteiger partial charge in [-0.3, -0.25) is 0 Å². The monoisotopic (exact) mass is 624 g/mol. The van der Waals surface area contributed by atoms with Crippen LogP contribution in [0, 0.1) is 0 Å². The number of hydrogen-bond donors (Lipinski definition) is 1. The number of hydrogen-bond acceptors (Lipinski definition) is 2. The average molecular weight is 625 g/mol. The minimum atomic E-state index is -1.44. The molecular formula is C44H40N2Si. The highest BCUT2D eigenvalue weighted by molar-refractivity contribution is 6.88. The fraction of sp³-hybridized carbons (Fsp3) is 0.136. The van der Waals surface area contributed by atoms with Gasteiger partial charge in [-0.25, -0.2) is 0 Å². The van der Waals surface area contributed by atoms with Gasteiger partial charge in [0.05, 0.1) is 13.8 Å². The summed E-state index contributed by atoms with van der Waals surface area (Å²) < 4.78 is 0. The molecule has 0 bridgehead atoms. The molecule has 7 aromatic carbocycles. The number of rotatable bonds is 6. The van der Waals surface area contributed by atoms with Crippen molar-refractivity contribution < 1.29 is 0 Å². The number of benzene rings is 7. The lowest BCUT2D eigenvalue weighted by molar-refractivity contribution is 0.661. The zero-order valence-electron chi connectivity index (χ0n) is 27.8. The van der Waals surface area contributed by atoms with Gasteiger partial charge in [-0.1, -0.05) is 136 Å². The smallest absolute Gasteiger partial charge is 0.0775 e. The summed E-state index contributed by atoms with van der Waals surface area (Å²) in [7, 11) is -1.44. The zero-order valence-corrected chi connectivity index (χ0v) is 28.8. The highest BCUT2D eigenvalue weighted by atomic mass is 28.3. The summed E-state index contributed by atoms with van der Waals surface area (Å²) in [6.45, 7) is 12.0. The standard InChI is InChI=1S/C44H40N2Si/c1-44(2)39-28-33(46(32-22-25-34(26-23-32)47(3,4)5)42-21-13-15-30-14-9-10-18-35(30)42)24-27-38(39)43-37-20-12-11-19-36(37)41(29-40(43)44)45-31-16-7-6-8-17-31/h6-29,45H,1-5H3. The first-order valence-corrected chi connectivity index (χ1v) is 20.1. The molecule has 0 amide bonds. The van der Waals surface area contributed by atoms with E-state index < -0.39 is 8.07 Å². The minimum absolute atomic E-state index is 0.191. The molecule has 7 aromatic rings. The first kappa shape index (κ1) is 29.3. The van der Waals surface area contributed by atoms with E-state index in [0.717, 1.165) is 11.4 Å². The van der Waals surface area contributed by atoms with Crippen molar-refractivity contribution in [1.29, 1.82) is 0 Å². The largest absolute Gasteiger partial charge is 0.355 e. The third kappa shape index (κ3) is 4.94. The van der Waals surface area contributed by atoms with Gasteiger partial charge in [0.15, 0.2) is 0 Å². The van der Waals surface area contributed by atoms with Gasteiger partial charge >= 0.3 is 0 Å². The fourth-order valence-corrected chi connectivity index (χ4v) is 8.60. The van der Waals surface area contributed by atoms with Gasteiger partial charge in [0.25, 0.3) is 0 Å². The summed E-state index contributed by atoms with van der Waals surface area (Å²) in [6, 6.07) is 53.6. The Balaban J connectivity index is 1.32. The third-order valence-corrected chi connectivity index (χ3v) is 12.0. The highest BCUT2D eigenvalue weighted by Crippen LogP contribution is 2.54. The number of nitrogens with one attached hydrogen (secondary N) is 1. The number of fused-ring (bicyclic) bond motifs is 6. The van der Waals surface area contributed by atoms with Gasteiger partial charge in [-0.05, 0) is 81.6 Å². The van der Waals surface area contributed by atoms with Crippen LogP contribution in [0.1, 0.15) is 25.0 Å². The van der Waals surface area contributed by atoms with Crippen LogP contribution in [0.15, 0.2) is 146 Å². The molecule has 2 nitrogen and oxygen atoms in total. The first-order chi connectivity index (χ1) is 22.7. The minimum Gasteiger partial charge on any atom is -0.355 e. The van der Waals surface area contributed by atoms with Crippen LogP contribution in [0.2, 0.25) is 19.6 Å². The summed E-state index contributed by atoms with van der Waals surface area (Å²) in [6.07, 6.45) is 0. The normalized spacial score (nSPS) is 13.4. The molecule has 0 aromatic heterocycles. The van der Waals surface area contributed by atoms with E-state index >= 15 is 0 Å². The van der Waals surface area contributed by atoms with E-state index in [9.17, 15) is 0 Å². The van der Waals surface area contributed by atoms with E-state index in [2.05, 4.69) is 189 Å². The molecule has 1 aliphatic carbocycles. The van der Waals surface area contributed by atoms with Gasteiger partial charge in [-0.2, -0.15) is 0 Å². The Morgan fingerprint density at radius 1 is 0.553 bits per heavy atom. The van der Waals surface area contributed by atoms with E-state index in [1.807, 2.05) is 0 Å². The van der Waals surface area contributed by atoms with E-state index in [0.29, 0.717) is 0 Å². The molecule has 0 unspecified atom stereocenters. The molecule has 0 saturated carbocycles. The number of para-hydroxylation sites is 1. The van der Waals surface area contributed by atoms with E-state index in [1.54, 1.807) is 0 Å². The van der Waals surface area contributed by atoms with Crippen molar-refractivity contribution in [2.45, 2.75) is 38.9 Å². The van der Waals surface area contributed by atoms with Crippen LogP contribution >= 0.6 is 0 Å². The second-order valence-electron chi connectivity index (χ2n) is 14.4. The van der Waals surface area contributed by atoms with Crippen LogP contribution in [0.3, 0.4) is 0 Å². The molecule has 0 spiro atoms. The molecule has 47 heavy (non-hydrogen) atoms. The maximum absolute atomic E-state index is 3.74. The molecule has 0 saturated heterocycles. The van der Waals surface area contributed by atoms with Gasteiger partial charge in [-0.15, -0.1) is 0 Å². The van der Waals surface area contributed by atoms with Crippen LogP contribution in [-0.4, -0.2) is 8.07 Å². The highest BCUT2D eigenvalue weighted by Gasteiger charge is 2.38. The second kappa shape index (κ2) is 11.0. The van der Waals surface area contributed by atoms with Crippen LogP contribution in [-0.2, 0) is 5.41 Å². The van der Waals surface area contributed by atoms with Gasteiger partial charge < -0.3 is 10.2 Å². The van der Waals surface area contributed by atoms with Crippen molar-refractivity contribution in [2.24, 2.45) is 0 Å². The Morgan fingerprint density at radius 2 is 1.19 bits per heavy atom. The predicted molar refractivity (Wildman–Crippen MR) is 206 cm³/mol. The lowest BCUT2D eigenvalue weighted by Gasteiger charge is -2.29. The van der Waals surface area contributed by atoms with Crippen molar-refractivity contribution in [3.8, 4) is 11.1 Å². The lowest BCUT2D eigenvalue weighted by Crippen LogP contribution is -2.37. The van der Waals surface area contributed by atoms with E-state index in [4.69, 9.17) is 0 Å². The predicted octanol–water partition coefficient (Wildman–Crippen LogP) is 12.1. The van der Waals surface area contributed by atoms with Crippen LogP contribution in [0.5, 0.6) is 0 Å². The Hall–Kier alpha value is -5.12. The Bertz CT molecular complexity index is 2270. The van der Waals surface area contributed by atoms with Crippen LogP contribution < -0.4 is 15.4 Å². The average Bonchev–Trinajstić information content (AvgIpc) is 3.31. The zero-order chi connectivity index (χ0) is 32.3. The van der Waals surface area contributed by atoms with Crippen LogP contribution in [0.4, 0.5) is 28.4 Å². The molecular weight excluding hydrogens is 585 g/mol. The van der Waals surface area contributed by atoms with Crippen molar-refractivity contribution in [2.75, 3.05) is 10.2 Å². The van der Waals surface area contributed by atoms with Crippen molar-refractivity contribution >= 4 is 63.2 Å². The molecule has 0 atom stereocenters. The number of nitrogens with zero attached hydrogens (tertiary/aromatic N) is 1. The third-order valence-electron chi connectivity index (χ3n) is 9.97. The summed E-state index contributed by atoms with van der Waals surface area (Å²) in [5.41, 5.74) is 11.0. The van der Waals surface area contributed by atoms with Gasteiger partial charge in [0.1, 0.15) is 0 Å². The van der Waals surface area contributed by atoms with Crippen LogP contribution in [0.25, 0.3) is 32.7 Å². The second-order valence-corrected chi connectivity index (χ2v) is 19.4. The molecule has 1 aliphatic rings. The molecule has 0 aliphatic heterocycles. The summed E-state index contributed by atoms with van der Waals surface area (Å²) in [4.78, 5) is 2.45. The lowest BCUT2D eigenvalue weighted by atomic mass is 9.81. The Labute approximate surface area is 279 Å². The first-order valence-electron chi connectivity index (χ1n) is 16.6. The van der Waals surface area contributed by atoms with Gasteiger partial charge in [0.2, 0.25) is 0 Å². The van der Waals surface area contributed by atoms with E-state index in [-0.39, 0.29) is 5.41 Å². The molecule has 8 rings (SSSR count). The maximum Gasteiger partial charge on any atom is 0.0775 e. The summed E-state index contributed by atoms with van der Waals surface area (Å²) in [5, 5.41) is 10.2. The molecule has 230 valence electrons. The molecule has 3 heteroatoms. The summed E-state index contributed by atoms with van der Waals surface area (Å²) in [5.74, 6) is 0. The quantitative estimate of drug-likeness (QED) is 0.185. The molecule has 0 heterocycles. The molecule has 0 radical (unpaired) electrons. The Morgan fingerprint density at radius 3 is 1.94 bits per heavy atom. The van der Waals surface area contributed by atoms with Crippen molar-refractivity contribution in [3.05, 3.63) is 157 Å². The molecule has 1 N–H and O–H groups in total. The number of anilines is 5. The van der Waals surface area contributed by atoms with Crippen molar-refractivity contribution in [1.82, 2.24) is 0 Å². The van der Waals surface area contributed by atoms with Crippen molar-refractivity contribution in [3.63, 3.8) is 0 Å². The van der Waals surface area contributed by atoms with Gasteiger partial charge in [0, 0.05) is 38.9 Å². The fourth-order valence-electron chi connectivity index (χ4n) is 7.43. The summed E-state index contributed by atoms with van der Waals surface area (Å²) >= 11 is 0. The Kier molecular flexibility index (Phi) is 6.85. The maximum atomic E-state index is 3.74. The molecule has 0 fully saturated rings.